The molecule has 0 spiro atoms. The van der Waals surface area contributed by atoms with Crippen LogP contribution in [0.5, 0.6) is 0 Å². The van der Waals surface area contributed by atoms with Crippen LogP contribution in [0.15, 0.2) is 48.5 Å². The molecule has 2 aromatic carbocycles. The first kappa shape index (κ1) is 21.5. The lowest BCUT2D eigenvalue weighted by molar-refractivity contribution is -0.118. The number of benzene rings is 2. The van der Waals surface area contributed by atoms with Gasteiger partial charge in [0.05, 0.1) is 6.54 Å². The first-order valence-corrected chi connectivity index (χ1v) is 11.3. The monoisotopic (exact) mass is 423 g/mol. The minimum Gasteiger partial charge on any atom is -0.349 e. The van der Waals surface area contributed by atoms with Gasteiger partial charge in [0.25, 0.3) is 5.91 Å². The van der Waals surface area contributed by atoms with E-state index in [0.29, 0.717) is 29.9 Å². The van der Waals surface area contributed by atoms with Crippen molar-refractivity contribution in [3.63, 3.8) is 0 Å². The summed E-state index contributed by atoms with van der Waals surface area (Å²) in [6.45, 7) is 0.878. The second-order valence-electron chi connectivity index (χ2n) is 8.70. The minimum absolute atomic E-state index is 0.0984. The summed E-state index contributed by atoms with van der Waals surface area (Å²) in [5.74, 6) is -0.456. The van der Waals surface area contributed by atoms with Crippen LogP contribution in [0.1, 0.15) is 60.9 Å². The predicted molar refractivity (Wildman–Crippen MR) is 119 cm³/mol. The second kappa shape index (κ2) is 10.1. The maximum atomic E-state index is 13.3. The van der Waals surface area contributed by atoms with Gasteiger partial charge < -0.3 is 10.6 Å². The molecule has 0 aliphatic heterocycles. The standard InChI is InChI=1S/C25H30FN3O2/c26-20-11-9-18(10-12-20)16-29(23-7-2-1-3-8-23)17-24(30)27-22-6-4-5-19(15-22)25(31)28-21-13-14-21/h4-6,9-12,15,21,23H,1-3,7-8,13-14,16-17H2,(H,27,30)(H,28,31). The van der Waals surface area contributed by atoms with Crippen LogP contribution >= 0.6 is 0 Å². The number of nitrogens with zero attached hydrogens (tertiary/aromatic N) is 1. The number of nitrogens with one attached hydrogen (secondary N) is 2. The highest BCUT2D eigenvalue weighted by atomic mass is 19.1. The van der Waals surface area contributed by atoms with E-state index in [1.54, 1.807) is 36.4 Å². The molecule has 2 saturated carbocycles. The average Bonchev–Trinajstić information content (AvgIpc) is 3.59. The zero-order valence-electron chi connectivity index (χ0n) is 17.8. The number of carbonyl (C=O) groups is 2. The highest BCUT2D eigenvalue weighted by Gasteiger charge is 2.25. The van der Waals surface area contributed by atoms with Crippen LogP contribution in [0.4, 0.5) is 10.1 Å². The molecule has 0 bridgehead atoms. The fourth-order valence-electron chi connectivity index (χ4n) is 4.20. The van der Waals surface area contributed by atoms with Crippen LogP contribution < -0.4 is 10.6 Å². The van der Waals surface area contributed by atoms with Gasteiger partial charge in [-0.25, -0.2) is 4.39 Å². The van der Waals surface area contributed by atoms with E-state index in [1.807, 2.05) is 0 Å². The summed E-state index contributed by atoms with van der Waals surface area (Å²) in [5.41, 5.74) is 2.18. The SMILES string of the molecule is O=C(CN(Cc1ccc(F)cc1)C1CCCCC1)Nc1cccc(C(=O)NC2CC2)c1. The first-order chi connectivity index (χ1) is 15.1. The molecular weight excluding hydrogens is 393 g/mol. The van der Waals surface area contributed by atoms with Crippen molar-refractivity contribution in [1.82, 2.24) is 10.2 Å². The summed E-state index contributed by atoms with van der Waals surface area (Å²) >= 11 is 0. The van der Waals surface area contributed by atoms with Crippen molar-refractivity contribution in [2.75, 3.05) is 11.9 Å². The zero-order valence-corrected chi connectivity index (χ0v) is 17.8. The largest absolute Gasteiger partial charge is 0.349 e. The number of hydrogen-bond acceptors (Lipinski definition) is 3. The van der Waals surface area contributed by atoms with Crippen LogP contribution in [0.25, 0.3) is 0 Å². The third-order valence-electron chi connectivity index (χ3n) is 6.06. The summed E-state index contributed by atoms with van der Waals surface area (Å²) in [7, 11) is 0. The Morgan fingerprint density at radius 2 is 1.71 bits per heavy atom. The van der Waals surface area contributed by atoms with Gasteiger partial charge in [0.2, 0.25) is 5.91 Å². The summed E-state index contributed by atoms with van der Waals surface area (Å²) in [4.78, 5) is 27.4. The Labute approximate surface area is 183 Å². The number of amides is 2. The molecule has 5 nitrogen and oxygen atoms in total. The van der Waals surface area contributed by atoms with Crippen molar-refractivity contribution in [2.45, 2.75) is 63.6 Å². The van der Waals surface area contributed by atoms with Gasteiger partial charge in [0, 0.05) is 29.9 Å². The van der Waals surface area contributed by atoms with Crippen LogP contribution in [0.3, 0.4) is 0 Å². The fourth-order valence-corrected chi connectivity index (χ4v) is 4.20. The van der Waals surface area contributed by atoms with Gasteiger partial charge in [0.15, 0.2) is 0 Å². The molecule has 2 aromatic rings. The molecule has 4 rings (SSSR count). The van der Waals surface area contributed by atoms with Gasteiger partial charge in [-0.1, -0.05) is 37.5 Å². The van der Waals surface area contributed by atoms with Crippen molar-refractivity contribution in [3.05, 3.63) is 65.5 Å². The molecule has 2 N–H and O–H groups in total. The van der Waals surface area contributed by atoms with Crippen molar-refractivity contribution in [3.8, 4) is 0 Å². The molecule has 2 aliphatic rings. The molecule has 164 valence electrons. The molecule has 0 heterocycles. The van der Waals surface area contributed by atoms with Crippen LogP contribution in [0, 0.1) is 5.82 Å². The number of anilines is 1. The lowest BCUT2D eigenvalue weighted by Gasteiger charge is -2.34. The molecule has 2 amide bonds. The van der Waals surface area contributed by atoms with Gasteiger partial charge in [-0.3, -0.25) is 14.5 Å². The van der Waals surface area contributed by atoms with Crippen molar-refractivity contribution < 1.29 is 14.0 Å². The average molecular weight is 424 g/mol. The molecule has 31 heavy (non-hydrogen) atoms. The number of carbonyl (C=O) groups excluding carboxylic acids is 2. The Morgan fingerprint density at radius 3 is 2.42 bits per heavy atom. The molecule has 6 heteroatoms. The van der Waals surface area contributed by atoms with Crippen LogP contribution in [-0.4, -0.2) is 35.3 Å². The molecular formula is C25H30FN3O2. The first-order valence-electron chi connectivity index (χ1n) is 11.3. The highest BCUT2D eigenvalue weighted by Crippen LogP contribution is 2.24. The van der Waals surface area contributed by atoms with Gasteiger partial charge in [-0.05, 0) is 61.6 Å². The lowest BCUT2D eigenvalue weighted by atomic mass is 9.93. The molecule has 0 saturated heterocycles. The van der Waals surface area contributed by atoms with Crippen molar-refractivity contribution in [2.24, 2.45) is 0 Å². The van der Waals surface area contributed by atoms with Gasteiger partial charge >= 0.3 is 0 Å². The van der Waals surface area contributed by atoms with E-state index in [2.05, 4.69) is 15.5 Å². The van der Waals surface area contributed by atoms with Gasteiger partial charge in [-0.15, -0.1) is 0 Å². The van der Waals surface area contributed by atoms with E-state index in [0.717, 1.165) is 31.2 Å². The Hall–Kier alpha value is -2.73. The Balaban J connectivity index is 1.40. The molecule has 0 unspecified atom stereocenters. The fraction of sp³-hybridized carbons (Fsp3) is 0.440. The number of halogens is 1. The third kappa shape index (κ3) is 6.37. The summed E-state index contributed by atoms with van der Waals surface area (Å²) in [5, 5.41) is 5.92. The summed E-state index contributed by atoms with van der Waals surface area (Å²) < 4.78 is 13.3. The van der Waals surface area contributed by atoms with Crippen LogP contribution in [0.2, 0.25) is 0 Å². The van der Waals surface area contributed by atoms with Crippen LogP contribution in [-0.2, 0) is 11.3 Å². The second-order valence-corrected chi connectivity index (χ2v) is 8.70. The smallest absolute Gasteiger partial charge is 0.251 e. The Kier molecular flexibility index (Phi) is 6.97. The van der Waals surface area contributed by atoms with Crippen molar-refractivity contribution in [1.29, 1.82) is 0 Å². The van der Waals surface area contributed by atoms with E-state index in [-0.39, 0.29) is 24.2 Å². The molecule has 0 radical (unpaired) electrons. The lowest BCUT2D eigenvalue weighted by Crippen LogP contribution is -2.41. The Bertz CT molecular complexity index is 905. The van der Waals surface area contributed by atoms with Gasteiger partial charge in [-0.2, -0.15) is 0 Å². The number of hydrogen-bond donors (Lipinski definition) is 2. The number of rotatable bonds is 8. The third-order valence-corrected chi connectivity index (χ3v) is 6.06. The maximum absolute atomic E-state index is 13.3. The summed E-state index contributed by atoms with van der Waals surface area (Å²) in [6, 6.07) is 14.2. The van der Waals surface area contributed by atoms with Crippen molar-refractivity contribution >= 4 is 17.5 Å². The van der Waals surface area contributed by atoms with E-state index in [4.69, 9.17) is 0 Å². The topological polar surface area (TPSA) is 61.4 Å². The normalized spacial score (nSPS) is 16.8. The maximum Gasteiger partial charge on any atom is 0.251 e. The van der Waals surface area contributed by atoms with E-state index in [9.17, 15) is 14.0 Å². The molecule has 0 atom stereocenters. The minimum atomic E-state index is -0.253. The molecule has 2 fully saturated rings. The highest BCUT2D eigenvalue weighted by molar-refractivity contribution is 5.97. The van der Waals surface area contributed by atoms with E-state index in [1.165, 1.54) is 31.4 Å². The quantitative estimate of drug-likeness (QED) is 0.658. The molecule has 0 aromatic heterocycles. The predicted octanol–water partition coefficient (Wildman–Crippen LogP) is 4.49. The Morgan fingerprint density at radius 1 is 0.968 bits per heavy atom. The zero-order chi connectivity index (χ0) is 21.6. The van der Waals surface area contributed by atoms with E-state index >= 15 is 0 Å². The molecule has 2 aliphatic carbocycles. The summed E-state index contributed by atoms with van der Waals surface area (Å²) in [6.07, 6.45) is 7.80. The van der Waals surface area contributed by atoms with E-state index < -0.39 is 0 Å². The van der Waals surface area contributed by atoms with Gasteiger partial charge in [0.1, 0.15) is 5.82 Å².